The quantitative estimate of drug-likeness (QED) is 0.418. The standard InChI is InChI=1S/C12H10O6S/c13-6-1-3-9(8(15)5-6)19(18)10-4-2-7(14)11(16)12(10)17/h1-5,13-17H. The lowest BCUT2D eigenvalue weighted by molar-refractivity contribution is 0.360. The fraction of sp³-hybridized carbons (Fsp3) is 0. The van der Waals surface area contributed by atoms with E-state index >= 15 is 0 Å². The van der Waals surface area contributed by atoms with Crippen LogP contribution in [0, 0.1) is 0 Å². The Morgan fingerprint density at radius 2 is 1.37 bits per heavy atom. The van der Waals surface area contributed by atoms with Crippen LogP contribution in [0.15, 0.2) is 40.1 Å². The summed E-state index contributed by atoms with van der Waals surface area (Å²) >= 11 is -1.98. The van der Waals surface area contributed by atoms with Crippen LogP contribution in [0.3, 0.4) is 0 Å². The molecule has 0 spiro atoms. The molecule has 2 rings (SSSR count). The van der Waals surface area contributed by atoms with Gasteiger partial charge in [-0.1, -0.05) is 0 Å². The Bertz CT molecular complexity index is 628. The molecule has 0 aliphatic carbocycles. The van der Waals surface area contributed by atoms with E-state index in [1.165, 1.54) is 12.1 Å². The summed E-state index contributed by atoms with van der Waals surface area (Å²) in [4.78, 5) is -0.213. The van der Waals surface area contributed by atoms with Crippen molar-refractivity contribution < 1.29 is 30.1 Å². The number of rotatable bonds is 2. The first-order valence-corrected chi connectivity index (χ1v) is 6.24. The van der Waals surface area contributed by atoms with Gasteiger partial charge in [0.2, 0.25) is 21.3 Å². The predicted molar refractivity (Wildman–Crippen MR) is 65.9 cm³/mol. The summed E-state index contributed by atoms with van der Waals surface area (Å²) < 4.78 is 12.2. The highest BCUT2D eigenvalue weighted by molar-refractivity contribution is 7.91. The maximum Gasteiger partial charge on any atom is 0.218 e. The van der Waals surface area contributed by atoms with E-state index in [1.54, 1.807) is 0 Å². The summed E-state index contributed by atoms with van der Waals surface area (Å²) in [5.41, 5.74) is 0. The minimum absolute atomic E-state index is 0.0433. The lowest BCUT2D eigenvalue weighted by Gasteiger charge is -2.13. The van der Waals surface area contributed by atoms with Crippen LogP contribution in [-0.4, -0.2) is 30.1 Å². The summed E-state index contributed by atoms with van der Waals surface area (Å²) in [5, 5.41) is 46.9. The second-order valence-electron chi connectivity index (χ2n) is 3.70. The highest BCUT2D eigenvalue weighted by atomic mass is 32.2. The van der Waals surface area contributed by atoms with Crippen LogP contribution in [0.4, 0.5) is 0 Å². The lowest BCUT2D eigenvalue weighted by atomic mass is 10.3. The van der Waals surface area contributed by atoms with Gasteiger partial charge in [-0.3, -0.25) is 0 Å². The van der Waals surface area contributed by atoms with Gasteiger partial charge in [0.25, 0.3) is 0 Å². The largest absolute Gasteiger partial charge is 0.606 e. The Balaban J connectivity index is 2.50. The minimum Gasteiger partial charge on any atom is -0.606 e. The molecule has 2 aromatic rings. The Morgan fingerprint density at radius 1 is 0.737 bits per heavy atom. The van der Waals surface area contributed by atoms with Crippen molar-refractivity contribution in [1.29, 1.82) is 0 Å². The molecule has 0 fully saturated rings. The molecule has 19 heavy (non-hydrogen) atoms. The normalized spacial score (nSPS) is 12.3. The Kier molecular flexibility index (Phi) is 3.32. The molecule has 0 radical (unpaired) electrons. The van der Waals surface area contributed by atoms with E-state index < -0.39 is 34.2 Å². The van der Waals surface area contributed by atoms with Crippen LogP contribution in [0.2, 0.25) is 0 Å². The summed E-state index contributed by atoms with van der Waals surface area (Å²) in [6, 6.07) is 5.69. The van der Waals surface area contributed by atoms with E-state index in [-0.39, 0.29) is 15.5 Å². The van der Waals surface area contributed by atoms with E-state index in [4.69, 9.17) is 5.11 Å². The van der Waals surface area contributed by atoms with Crippen molar-refractivity contribution in [2.45, 2.75) is 9.79 Å². The van der Waals surface area contributed by atoms with E-state index in [9.17, 15) is 25.0 Å². The SMILES string of the molecule is [O-][S+](c1ccc(O)cc1O)c1ccc(O)c(O)c1O. The van der Waals surface area contributed by atoms with Gasteiger partial charge in [-0.15, -0.1) is 0 Å². The Morgan fingerprint density at radius 3 is 2.00 bits per heavy atom. The minimum atomic E-state index is -1.98. The molecule has 0 saturated heterocycles. The van der Waals surface area contributed by atoms with Crippen molar-refractivity contribution in [1.82, 2.24) is 0 Å². The van der Waals surface area contributed by atoms with Crippen molar-refractivity contribution >= 4 is 11.2 Å². The zero-order valence-electron chi connectivity index (χ0n) is 9.44. The number of hydrogen-bond donors (Lipinski definition) is 5. The Labute approximate surface area is 111 Å². The molecule has 7 heteroatoms. The van der Waals surface area contributed by atoms with E-state index in [0.29, 0.717) is 0 Å². The van der Waals surface area contributed by atoms with Crippen molar-refractivity contribution in [3.8, 4) is 28.7 Å². The molecule has 2 aromatic carbocycles. The van der Waals surface area contributed by atoms with Crippen LogP contribution in [-0.2, 0) is 11.2 Å². The number of phenols is 5. The van der Waals surface area contributed by atoms with Crippen LogP contribution >= 0.6 is 0 Å². The smallest absolute Gasteiger partial charge is 0.218 e. The third-order valence-corrected chi connectivity index (χ3v) is 3.91. The first-order valence-electron chi connectivity index (χ1n) is 5.09. The number of benzene rings is 2. The lowest BCUT2D eigenvalue weighted by Crippen LogP contribution is -2.02. The van der Waals surface area contributed by atoms with Crippen LogP contribution in [0.25, 0.3) is 0 Å². The number of phenolic OH excluding ortho intramolecular Hbond substituents is 5. The van der Waals surface area contributed by atoms with Gasteiger partial charge in [0.1, 0.15) is 5.75 Å². The van der Waals surface area contributed by atoms with Crippen molar-refractivity contribution in [2.75, 3.05) is 0 Å². The summed E-state index contributed by atoms with van der Waals surface area (Å²) in [6.07, 6.45) is 0. The molecular weight excluding hydrogens is 272 g/mol. The molecule has 0 heterocycles. The maximum absolute atomic E-state index is 12.2. The number of hydrogen-bond acceptors (Lipinski definition) is 6. The molecule has 0 aromatic heterocycles. The summed E-state index contributed by atoms with van der Waals surface area (Å²) in [5.74, 6) is -2.68. The molecule has 0 saturated carbocycles. The zero-order valence-corrected chi connectivity index (χ0v) is 10.3. The molecule has 0 aliphatic heterocycles. The maximum atomic E-state index is 12.2. The third-order valence-electron chi connectivity index (χ3n) is 2.43. The molecule has 0 aliphatic rings. The van der Waals surface area contributed by atoms with E-state index in [2.05, 4.69) is 0 Å². The van der Waals surface area contributed by atoms with Crippen molar-refractivity contribution in [2.24, 2.45) is 0 Å². The fourth-order valence-corrected chi connectivity index (χ4v) is 2.62. The molecule has 0 bridgehead atoms. The van der Waals surface area contributed by atoms with Crippen molar-refractivity contribution in [3.05, 3.63) is 30.3 Å². The second kappa shape index (κ2) is 4.79. The van der Waals surface area contributed by atoms with E-state index in [0.717, 1.165) is 18.2 Å². The summed E-state index contributed by atoms with van der Waals surface area (Å²) in [6.45, 7) is 0. The molecular formula is C12H10O6S. The average molecular weight is 282 g/mol. The van der Waals surface area contributed by atoms with Gasteiger partial charge in [0.05, 0.1) is 0 Å². The van der Waals surface area contributed by atoms with Crippen LogP contribution < -0.4 is 0 Å². The topological polar surface area (TPSA) is 124 Å². The van der Waals surface area contributed by atoms with Crippen molar-refractivity contribution in [3.63, 3.8) is 0 Å². The van der Waals surface area contributed by atoms with Gasteiger partial charge in [-0.05, 0) is 12.1 Å². The van der Waals surface area contributed by atoms with Gasteiger partial charge in [-0.2, -0.15) is 0 Å². The van der Waals surface area contributed by atoms with E-state index in [1.807, 2.05) is 0 Å². The van der Waals surface area contributed by atoms with Gasteiger partial charge in [-0.25, -0.2) is 0 Å². The average Bonchev–Trinajstić information content (AvgIpc) is 2.35. The monoisotopic (exact) mass is 282 g/mol. The highest BCUT2D eigenvalue weighted by Crippen LogP contribution is 2.42. The number of aromatic hydroxyl groups is 5. The van der Waals surface area contributed by atoms with Crippen LogP contribution in [0.1, 0.15) is 0 Å². The van der Waals surface area contributed by atoms with Gasteiger partial charge >= 0.3 is 0 Å². The molecule has 5 N–H and O–H groups in total. The molecule has 100 valence electrons. The third kappa shape index (κ3) is 2.33. The van der Waals surface area contributed by atoms with Gasteiger partial charge in [0.15, 0.2) is 11.5 Å². The summed E-state index contributed by atoms with van der Waals surface area (Å²) in [7, 11) is 0. The van der Waals surface area contributed by atoms with Crippen LogP contribution in [0.5, 0.6) is 28.7 Å². The molecule has 1 atom stereocenters. The first-order chi connectivity index (χ1) is 8.91. The Hall–Kier alpha value is -2.25. The molecule has 0 amide bonds. The second-order valence-corrected chi connectivity index (χ2v) is 5.12. The zero-order chi connectivity index (χ0) is 14.2. The highest BCUT2D eigenvalue weighted by Gasteiger charge is 2.26. The molecule has 1 unspecified atom stereocenters. The fourth-order valence-electron chi connectivity index (χ4n) is 1.48. The predicted octanol–water partition coefficient (Wildman–Crippen LogP) is 1.38. The van der Waals surface area contributed by atoms with Gasteiger partial charge in [0, 0.05) is 29.4 Å². The van der Waals surface area contributed by atoms with Gasteiger partial charge < -0.3 is 30.1 Å². The first kappa shape index (κ1) is 13.2. The molecule has 6 nitrogen and oxygen atoms in total.